The van der Waals surface area contributed by atoms with E-state index in [1.807, 2.05) is 0 Å². The monoisotopic (exact) mass is 222 g/mol. The third-order valence-electron chi connectivity index (χ3n) is 3.36. The summed E-state index contributed by atoms with van der Waals surface area (Å²) >= 11 is 0. The second-order valence-corrected chi connectivity index (χ2v) is 4.97. The first-order valence-corrected chi connectivity index (χ1v) is 5.84. The molecule has 0 amide bonds. The van der Waals surface area contributed by atoms with E-state index in [1.54, 1.807) is 12.1 Å². The highest BCUT2D eigenvalue weighted by Crippen LogP contribution is 2.25. The van der Waals surface area contributed by atoms with Gasteiger partial charge in [0.1, 0.15) is 5.82 Å². The molecule has 2 N–H and O–H groups in total. The molecule has 88 valence electrons. The molecule has 16 heavy (non-hydrogen) atoms. The van der Waals surface area contributed by atoms with Gasteiger partial charge >= 0.3 is 0 Å². The molecule has 2 unspecified atom stereocenters. The average Bonchev–Trinajstić information content (AvgIpc) is 2.50. The van der Waals surface area contributed by atoms with Crippen molar-refractivity contribution in [2.75, 3.05) is 12.3 Å². The van der Waals surface area contributed by atoms with Crippen molar-refractivity contribution in [3.8, 4) is 0 Å². The van der Waals surface area contributed by atoms with Crippen molar-refractivity contribution in [3.63, 3.8) is 0 Å². The summed E-state index contributed by atoms with van der Waals surface area (Å²) in [4.78, 5) is 2.33. The van der Waals surface area contributed by atoms with Crippen LogP contribution in [0.5, 0.6) is 0 Å². The number of rotatable bonds is 2. The summed E-state index contributed by atoms with van der Waals surface area (Å²) in [6, 6.07) is 5.51. The van der Waals surface area contributed by atoms with Crippen LogP contribution in [-0.2, 0) is 6.54 Å². The zero-order valence-electron chi connectivity index (χ0n) is 9.91. The number of hydrogen-bond acceptors (Lipinski definition) is 2. The quantitative estimate of drug-likeness (QED) is 0.779. The molecule has 1 aromatic carbocycles. The second kappa shape index (κ2) is 4.42. The lowest BCUT2D eigenvalue weighted by atomic mass is 10.1. The molecule has 0 aromatic heterocycles. The Bertz CT molecular complexity index is 378. The predicted octanol–water partition coefficient (Wildman–Crippen LogP) is 2.64. The summed E-state index contributed by atoms with van der Waals surface area (Å²) in [6.45, 7) is 6.21. The van der Waals surface area contributed by atoms with Crippen molar-refractivity contribution < 1.29 is 4.39 Å². The van der Waals surface area contributed by atoms with Crippen LogP contribution in [0, 0.1) is 11.7 Å². The van der Waals surface area contributed by atoms with E-state index in [1.165, 1.54) is 12.5 Å². The van der Waals surface area contributed by atoms with Crippen molar-refractivity contribution >= 4 is 5.69 Å². The predicted molar refractivity (Wildman–Crippen MR) is 64.5 cm³/mol. The molecule has 2 atom stereocenters. The highest BCUT2D eigenvalue weighted by Gasteiger charge is 2.26. The van der Waals surface area contributed by atoms with Gasteiger partial charge in [-0.25, -0.2) is 4.39 Å². The second-order valence-electron chi connectivity index (χ2n) is 4.97. The van der Waals surface area contributed by atoms with Crippen molar-refractivity contribution in [3.05, 3.63) is 29.6 Å². The minimum Gasteiger partial charge on any atom is -0.399 e. The Hall–Kier alpha value is -1.09. The topological polar surface area (TPSA) is 29.3 Å². The number of hydrogen-bond donors (Lipinski definition) is 1. The Morgan fingerprint density at radius 1 is 1.44 bits per heavy atom. The zero-order chi connectivity index (χ0) is 11.7. The lowest BCUT2D eigenvalue weighted by Crippen LogP contribution is -2.27. The van der Waals surface area contributed by atoms with E-state index in [9.17, 15) is 4.39 Å². The molecular formula is C13H19FN2. The van der Waals surface area contributed by atoms with E-state index >= 15 is 0 Å². The number of benzene rings is 1. The molecule has 0 bridgehead atoms. The van der Waals surface area contributed by atoms with E-state index in [2.05, 4.69) is 18.7 Å². The summed E-state index contributed by atoms with van der Waals surface area (Å²) in [6.07, 6.45) is 1.20. The van der Waals surface area contributed by atoms with Crippen molar-refractivity contribution in [1.29, 1.82) is 0 Å². The van der Waals surface area contributed by atoms with Gasteiger partial charge in [-0.1, -0.05) is 13.0 Å². The highest BCUT2D eigenvalue weighted by atomic mass is 19.1. The van der Waals surface area contributed by atoms with E-state index in [4.69, 9.17) is 5.73 Å². The van der Waals surface area contributed by atoms with Crippen LogP contribution in [-0.4, -0.2) is 17.5 Å². The Kier molecular flexibility index (Phi) is 3.15. The van der Waals surface area contributed by atoms with Gasteiger partial charge in [-0.15, -0.1) is 0 Å². The van der Waals surface area contributed by atoms with Gasteiger partial charge in [0.2, 0.25) is 0 Å². The van der Waals surface area contributed by atoms with Crippen LogP contribution < -0.4 is 5.73 Å². The zero-order valence-corrected chi connectivity index (χ0v) is 9.91. The molecule has 0 aliphatic carbocycles. The fourth-order valence-corrected chi connectivity index (χ4v) is 2.52. The maximum Gasteiger partial charge on any atom is 0.129 e. The van der Waals surface area contributed by atoms with Gasteiger partial charge in [0, 0.05) is 30.4 Å². The molecule has 1 aliphatic heterocycles. The van der Waals surface area contributed by atoms with Gasteiger partial charge < -0.3 is 5.73 Å². The SMILES string of the molecule is CC1CC(C)N(Cc2ccc(N)cc2F)C1. The van der Waals surface area contributed by atoms with Gasteiger partial charge in [0.05, 0.1) is 0 Å². The average molecular weight is 222 g/mol. The molecule has 1 fully saturated rings. The molecule has 0 radical (unpaired) electrons. The molecule has 1 aromatic rings. The molecule has 0 spiro atoms. The number of nitrogens with two attached hydrogens (primary N) is 1. The lowest BCUT2D eigenvalue weighted by molar-refractivity contribution is 0.253. The highest BCUT2D eigenvalue weighted by molar-refractivity contribution is 5.40. The molecule has 0 saturated carbocycles. The van der Waals surface area contributed by atoms with Crippen LogP contribution in [0.2, 0.25) is 0 Å². The normalized spacial score (nSPS) is 26.2. The number of nitrogen functional groups attached to an aromatic ring is 1. The van der Waals surface area contributed by atoms with Gasteiger partial charge in [0.15, 0.2) is 0 Å². The maximum absolute atomic E-state index is 13.6. The van der Waals surface area contributed by atoms with E-state index in [0.29, 0.717) is 24.2 Å². The van der Waals surface area contributed by atoms with Crippen molar-refractivity contribution in [1.82, 2.24) is 4.90 Å². The summed E-state index contributed by atoms with van der Waals surface area (Å²) in [5.74, 6) is 0.526. The number of halogens is 1. The van der Waals surface area contributed by atoms with Crippen LogP contribution in [0.1, 0.15) is 25.8 Å². The van der Waals surface area contributed by atoms with Gasteiger partial charge in [-0.2, -0.15) is 0 Å². The van der Waals surface area contributed by atoms with Gasteiger partial charge in [0.25, 0.3) is 0 Å². The third kappa shape index (κ3) is 2.35. The molecular weight excluding hydrogens is 203 g/mol. The smallest absolute Gasteiger partial charge is 0.129 e. The Balaban J connectivity index is 2.09. The molecule has 1 aliphatic rings. The minimum absolute atomic E-state index is 0.188. The van der Waals surface area contributed by atoms with E-state index in [0.717, 1.165) is 12.1 Å². The van der Waals surface area contributed by atoms with Crippen molar-refractivity contribution in [2.45, 2.75) is 32.9 Å². The number of anilines is 1. The molecule has 2 nitrogen and oxygen atoms in total. The molecule has 3 heteroatoms. The van der Waals surface area contributed by atoms with Crippen LogP contribution >= 0.6 is 0 Å². The van der Waals surface area contributed by atoms with E-state index in [-0.39, 0.29) is 5.82 Å². The fraction of sp³-hybridized carbons (Fsp3) is 0.538. The molecule has 2 rings (SSSR count). The number of likely N-dealkylation sites (tertiary alicyclic amines) is 1. The maximum atomic E-state index is 13.6. The summed E-state index contributed by atoms with van der Waals surface area (Å²) in [5.41, 5.74) is 6.77. The van der Waals surface area contributed by atoms with E-state index < -0.39 is 0 Å². The van der Waals surface area contributed by atoms with Crippen LogP contribution in [0.25, 0.3) is 0 Å². The summed E-state index contributed by atoms with van der Waals surface area (Å²) < 4.78 is 13.6. The lowest BCUT2D eigenvalue weighted by Gasteiger charge is -2.21. The van der Waals surface area contributed by atoms with Crippen LogP contribution in [0.4, 0.5) is 10.1 Å². The van der Waals surface area contributed by atoms with Crippen LogP contribution in [0.15, 0.2) is 18.2 Å². The first-order chi connectivity index (χ1) is 7.56. The summed E-state index contributed by atoms with van der Waals surface area (Å²) in [5, 5.41) is 0. The summed E-state index contributed by atoms with van der Waals surface area (Å²) in [7, 11) is 0. The number of nitrogens with zero attached hydrogens (tertiary/aromatic N) is 1. The Morgan fingerprint density at radius 2 is 2.19 bits per heavy atom. The fourth-order valence-electron chi connectivity index (χ4n) is 2.52. The Morgan fingerprint density at radius 3 is 2.75 bits per heavy atom. The first-order valence-electron chi connectivity index (χ1n) is 5.84. The largest absolute Gasteiger partial charge is 0.399 e. The standard InChI is InChI=1S/C13H19FN2/c1-9-5-10(2)16(7-9)8-11-3-4-12(15)6-13(11)14/h3-4,6,9-10H,5,7-8,15H2,1-2H3. The van der Waals surface area contributed by atoms with Crippen LogP contribution in [0.3, 0.4) is 0 Å². The first kappa shape index (κ1) is 11.4. The third-order valence-corrected chi connectivity index (χ3v) is 3.36. The molecule has 1 heterocycles. The Labute approximate surface area is 96.2 Å². The van der Waals surface area contributed by atoms with Crippen molar-refractivity contribution in [2.24, 2.45) is 5.92 Å². The minimum atomic E-state index is -0.188. The van der Waals surface area contributed by atoms with Gasteiger partial charge in [-0.05, 0) is 31.4 Å². The molecule has 1 saturated heterocycles. The van der Waals surface area contributed by atoms with Gasteiger partial charge in [-0.3, -0.25) is 4.90 Å².